The van der Waals surface area contributed by atoms with Crippen molar-refractivity contribution in [2.24, 2.45) is 4.99 Å². The summed E-state index contributed by atoms with van der Waals surface area (Å²) in [6.45, 7) is 2.11. The molecule has 0 amide bonds. The first-order valence-corrected chi connectivity index (χ1v) is 14.0. The van der Waals surface area contributed by atoms with E-state index in [0.29, 0.717) is 14.3 Å². The quantitative estimate of drug-likeness (QED) is 0.307. The molecular weight excluding hydrogens is 444 g/mol. The summed E-state index contributed by atoms with van der Waals surface area (Å²) in [5.41, 5.74) is 4.51. The first-order valence-electron chi connectivity index (χ1n) is 8.70. The van der Waals surface area contributed by atoms with Gasteiger partial charge in [0.15, 0.2) is 0 Å². The van der Waals surface area contributed by atoms with Gasteiger partial charge in [0, 0.05) is 30.6 Å². The van der Waals surface area contributed by atoms with Crippen LogP contribution in [-0.2, 0) is 23.5 Å². The second kappa shape index (κ2) is 12.4. The van der Waals surface area contributed by atoms with E-state index in [4.69, 9.17) is 18.6 Å². The van der Waals surface area contributed by atoms with Crippen LogP contribution in [0.3, 0.4) is 0 Å². The molecule has 2 nitrogen and oxygen atoms in total. The Bertz CT molecular complexity index is 920. The number of halogens is 2. The topological polar surface area (TPSA) is 32.6 Å². The van der Waals surface area contributed by atoms with E-state index in [-0.39, 0.29) is 0 Å². The van der Waals surface area contributed by atoms with Gasteiger partial charge in [-0.1, -0.05) is 75.3 Å². The third kappa shape index (κ3) is 6.73. The molecule has 0 saturated carbocycles. The monoisotopic (exact) mass is 465 g/mol. The zero-order chi connectivity index (χ0) is 20.4. The minimum absolute atomic E-state index is 0.399. The van der Waals surface area contributed by atoms with Crippen LogP contribution in [0, 0.1) is 6.92 Å². The maximum absolute atomic E-state index is 10.8. The number of aryl methyl sites for hydroxylation is 1. The number of aliphatic imine (C=N–C) groups is 1. The number of phenols is 1. The van der Waals surface area contributed by atoms with Crippen molar-refractivity contribution < 1.29 is 22.1 Å². The Morgan fingerprint density at radius 1 is 1.00 bits per heavy atom. The van der Waals surface area contributed by atoms with E-state index in [1.807, 2.05) is 48.7 Å². The van der Waals surface area contributed by atoms with Crippen molar-refractivity contribution in [3.05, 3.63) is 89.0 Å². The molecule has 0 aliphatic rings. The molecule has 0 bridgehead atoms. The van der Waals surface area contributed by atoms with E-state index >= 15 is 0 Å². The molecule has 0 spiro atoms. The number of hydrogen-bond acceptors (Lipinski definition) is 2. The van der Waals surface area contributed by atoms with E-state index in [0.717, 1.165) is 22.9 Å². The normalized spacial score (nSPS) is 10.9. The van der Waals surface area contributed by atoms with Gasteiger partial charge in [-0.2, -0.15) is 0 Å². The van der Waals surface area contributed by atoms with Crippen LogP contribution in [0.25, 0.3) is 0 Å². The second-order valence-corrected chi connectivity index (χ2v) is 9.97. The van der Waals surface area contributed by atoms with Gasteiger partial charge < -0.3 is 5.11 Å². The summed E-state index contributed by atoms with van der Waals surface area (Å²) in [5.74, 6) is 0.410. The number of hydrogen-bond donors (Lipinski definition) is 1. The first kappa shape index (κ1) is 23.1. The molecule has 0 aliphatic heterocycles. The molecule has 0 heterocycles. The van der Waals surface area contributed by atoms with Crippen LogP contribution in [0.2, 0.25) is 0 Å². The van der Waals surface area contributed by atoms with Crippen molar-refractivity contribution in [1.82, 2.24) is 0 Å². The average Bonchev–Trinajstić information content (AvgIpc) is 2.69. The van der Waals surface area contributed by atoms with Crippen LogP contribution < -0.4 is 10.6 Å². The molecule has 0 aliphatic carbocycles. The Labute approximate surface area is 185 Å². The number of nitrogens with zero attached hydrogens (tertiary/aromatic N) is 1. The molecule has 1 N–H and O–H groups in total. The van der Waals surface area contributed by atoms with E-state index in [2.05, 4.69) is 36.2 Å². The number of rotatable bonds is 5. The van der Waals surface area contributed by atoms with Gasteiger partial charge in [0.2, 0.25) is 0 Å². The van der Waals surface area contributed by atoms with E-state index in [9.17, 15) is 5.11 Å². The zero-order valence-corrected chi connectivity index (χ0v) is 19.9. The summed E-state index contributed by atoms with van der Waals surface area (Å²) in [6.07, 6.45) is 2.63. The van der Waals surface area contributed by atoms with Gasteiger partial charge in [-0.05, 0) is 28.9 Å². The van der Waals surface area contributed by atoms with Gasteiger partial charge in [0.1, 0.15) is 5.75 Å². The van der Waals surface area contributed by atoms with E-state index in [1.165, 1.54) is 16.4 Å². The summed E-state index contributed by atoms with van der Waals surface area (Å²) in [4.78, 5) is 4.16. The summed E-state index contributed by atoms with van der Waals surface area (Å²) in [7, 11) is 12.0. The zero-order valence-electron chi connectivity index (χ0n) is 15.8. The van der Waals surface area contributed by atoms with Gasteiger partial charge in [0.25, 0.3) is 0 Å². The van der Waals surface area contributed by atoms with Crippen molar-refractivity contribution in [3.63, 3.8) is 0 Å². The second-order valence-electron chi connectivity index (χ2n) is 6.10. The van der Waals surface area contributed by atoms with Crippen LogP contribution in [0.4, 0.5) is 0 Å². The Hall–Kier alpha value is -1.15. The fourth-order valence-electron chi connectivity index (χ4n) is 2.89. The molecule has 28 heavy (non-hydrogen) atoms. The standard InChI is InChI=1S/C22H22NOP.2ClH.Ti/c1-16-8-6-12-19(15-23-2)22(16)25-20-13-7-11-18(21(20)24)14-17-9-4-3-5-10-17;;;/h3-13,15,24-25H,14H2,1-2H3;2*1H;/q;;;+2/p-2. The summed E-state index contributed by atoms with van der Waals surface area (Å²) in [6, 6.07) is 22.5. The minimum atomic E-state index is -0.556. The molecule has 1 atom stereocenters. The van der Waals surface area contributed by atoms with Crippen molar-refractivity contribution >= 4 is 44.0 Å². The first-order chi connectivity index (χ1) is 13.6. The fraction of sp³-hybridized carbons (Fsp3) is 0.136. The molecule has 0 fully saturated rings. The molecule has 0 saturated heterocycles. The van der Waals surface area contributed by atoms with Crippen LogP contribution >= 0.6 is 27.2 Å². The van der Waals surface area contributed by atoms with Gasteiger partial charge in [-0.15, -0.1) is 0 Å². The van der Waals surface area contributed by atoms with Gasteiger partial charge in [-0.3, -0.25) is 4.99 Å². The van der Waals surface area contributed by atoms with Crippen molar-refractivity contribution in [1.29, 1.82) is 0 Å². The maximum atomic E-state index is 10.8. The average molecular weight is 466 g/mol. The Morgan fingerprint density at radius 2 is 1.68 bits per heavy atom. The molecule has 3 aromatic rings. The van der Waals surface area contributed by atoms with Crippen molar-refractivity contribution in [3.8, 4) is 5.75 Å². The van der Waals surface area contributed by atoms with Crippen LogP contribution in [0.15, 0.2) is 71.7 Å². The number of para-hydroxylation sites is 1. The molecular formula is C22H22Cl2NOPTi. The molecule has 3 aromatic carbocycles. The predicted octanol–water partition coefficient (Wildman–Crippen LogP) is 5.35. The van der Waals surface area contributed by atoms with E-state index in [1.54, 1.807) is 7.05 Å². The third-order valence-corrected chi connectivity index (χ3v) is 5.80. The molecule has 1 unspecified atom stereocenters. The molecule has 3 rings (SSSR count). The Morgan fingerprint density at radius 3 is 2.36 bits per heavy atom. The molecule has 144 valence electrons. The van der Waals surface area contributed by atoms with Crippen molar-refractivity contribution in [2.75, 3.05) is 7.05 Å². The van der Waals surface area contributed by atoms with E-state index < -0.39 is 17.0 Å². The number of phenolic OH excluding ortho intramolecular Hbond substituents is 1. The Balaban J connectivity index is 0.000000878. The fourth-order valence-corrected chi connectivity index (χ4v) is 4.19. The summed E-state index contributed by atoms with van der Waals surface area (Å²) in [5, 5.41) is 13.0. The SMILES string of the molecule is CN=Cc1cccc(C)c1Pc1cccc(Cc2ccccc2)c1O.[Cl][Ti][Cl]. The number of benzene rings is 3. The Kier molecular flexibility index (Phi) is 10.3. The molecule has 0 aromatic heterocycles. The number of aromatic hydroxyl groups is 1. The van der Waals surface area contributed by atoms with Gasteiger partial charge in [-0.25, -0.2) is 0 Å². The molecule has 0 radical (unpaired) electrons. The van der Waals surface area contributed by atoms with Gasteiger partial charge >= 0.3 is 35.6 Å². The van der Waals surface area contributed by atoms with Gasteiger partial charge in [0.05, 0.1) is 0 Å². The van der Waals surface area contributed by atoms with Crippen LogP contribution in [-0.4, -0.2) is 18.4 Å². The predicted molar refractivity (Wildman–Crippen MR) is 121 cm³/mol. The summed E-state index contributed by atoms with van der Waals surface area (Å²) >= 11 is -0.556. The van der Waals surface area contributed by atoms with Crippen LogP contribution in [0.5, 0.6) is 5.75 Å². The van der Waals surface area contributed by atoms with Crippen LogP contribution in [0.1, 0.15) is 22.3 Å². The summed E-state index contributed by atoms with van der Waals surface area (Å²) < 4.78 is 0. The third-order valence-electron chi connectivity index (χ3n) is 4.19. The molecule has 6 heteroatoms. The van der Waals surface area contributed by atoms with Crippen molar-refractivity contribution in [2.45, 2.75) is 13.3 Å².